The van der Waals surface area contributed by atoms with Crippen molar-refractivity contribution in [3.8, 4) is 0 Å². The first kappa shape index (κ1) is 12.3. The Morgan fingerprint density at radius 1 is 1.39 bits per heavy atom. The normalized spacial score (nSPS) is 27.5. The Labute approximate surface area is 113 Å². The first-order chi connectivity index (χ1) is 8.79. The molecule has 3 heteroatoms. The maximum Gasteiger partial charge on any atom is 0.164 e. The summed E-state index contributed by atoms with van der Waals surface area (Å²) in [5.74, 6) is 1.58. The summed E-state index contributed by atoms with van der Waals surface area (Å²) >= 11 is 2.10. The van der Waals surface area contributed by atoms with E-state index < -0.39 is 0 Å². The van der Waals surface area contributed by atoms with Crippen LogP contribution in [0.4, 0.5) is 0 Å². The zero-order valence-electron chi connectivity index (χ0n) is 11.0. The van der Waals surface area contributed by atoms with Crippen LogP contribution < -0.4 is 0 Å². The summed E-state index contributed by atoms with van der Waals surface area (Å²) in [4.78, 5) is 11.9. The molecule has 0 radical (unpaired) electrons. The molecule has 2 aliphatic carbocycles. The summed E-state index contributed by atoms with van der Waals surface area (Å²) in [5, 5.41) is 0.831. The maximum atomic E-state index is 11.9. The molecule has 1 saturated carbocycles. The summed E-state index contributed by atoms with van der Waals surface area (Å²) in [6, 6.07) is 2.70. The second-order valence-electron chi connectivity index (χ2n) is 5.40. The lowest BCUT2D eigenvalue weighted by Gasteiger charge is -2.20. The van der Waals surface area contributed by atoms with Gasteiger partial charge in [0, 0.05) is 35.2 Å². The molecule has 1 aromatic heterocycles. The molecule has 3 rings (SSSR count). The number of thioether (sulfide) groups is 1. The summed E-state index contributed by atoms with van der Waals surface area (Å²) in [5.41, 5.74) is 2.33. The number of carbonyl (C=O) groups excluding carboxylic acids is 1. The molecule has 1 fully saturated rings. The van der Waals surface area contributed by atoms with E-state index in [9.17, 15) is 4.79 Å². The molecule has 2 atom stereocenters. The molecule has 98 valence electrons. The van der Waals surface area contributed by atoms with Crippen LogP contribution in [0.2, 0.25) is 0 Å². The lowest BCUT2D eigenvalue weighted by Crippen LogP contribution is -2.15. The van der Waals surface area contributed by atoms with Gasteiger partial charge in [-0.25, -0.2) is 0 Å². The largest absolute Gasteiger partial charge is 0.348 e. The monoisotopic (exact) mass is 263 g/mol. The standard InChI is InChI=1S/C15H21NOS/c1-2-18-12-7-6-11(10-12)16-9-8-13-14(16)4-3-5-15(13)17/h8-9,11-12H,2-7,10H2,1H3. The van der Waals surface area contributed by atoms with Crippen LogP contribution in [-0.4, -0.2) is 21.4 Å². The SMILES string of the molecule is CCSC1CCC(n2ccc3c2CCCC3=O)C1. The molecule has 2 nitrogen and oxygen atoms in total. The smallest absolute Gasteiger partial charge is 0.164 e. The Hall–Kier alpha value is -0.700. The Bertz CT molecular complexity index is 451. The summed E-state index contributed by atoms with van der Waals surface area (Å²) in [6.45, 7) is 2.24. The minimum atomic E-state index is 0.354. The molecule has 0 aliphatic heterocycles. The Balaban J connectivity index is 1.80. The number of hydrogen-bond donors (Lipinski definition) is 0. The van der Waals surface area contributed by atoms with Crippen molar-refractivity contribution in [1.82, 2.24) is 4.57 Å². The first-order valence-electron chi connectivity index (χ1n) is 7.14. The number of ketones is 1. The number of Topliss-reactive ketones (excluding diaryl/α,β-unsaturated/α-hetero) is 1. The van der Waals surface area contributed by atoms with Gasteiger partial charge in [-0.1, -0.05) is 6.92 Å². The molecule has 0 bridgehead atoms. The molecule has 0 saturated heterocycles. The van der Waals surface area contributed by atoms with Crippen molar-refractivity contribution in [2.45, 2.75) is 56.7 Å². The number of aromatic nitrogens is 1. The van der Waals surface area contributed by atoms with E-state index in [-0.39, 0.29) is 0 Å². The topological polar surface area (TPSA) is 22.0 Å². The number of carbonyl (C=O) groups is 1. The lowest BCUT2D eigenvalue weighted by molar-refractivity contribution is 0.0971. The lowest BCUT2D eigenvalue weighted by atomic mass is 9.96. The number of fused-ring (bicyclic) bond motifs is 1. The third-order valence-corrected chi connectivity index (χ3v) is 5.53. The summed E-state index contributed by atoms with van der Waals surface area (Å²) < 4.78 is 2.42. The highest BCUT2D eigenvalue weighted by molar-refractivity contribution is 7.99. The molecule has 0 aromatic carbocycles. The minimum Gasteiger partial charge on any atom is -0.348 e. The van der Waals surface area contributed by atoms with Gasteiger partial charge in [-0.15, -0.1) is 0 Å². The summed E-state index contributed by atoms with van der Waals surface area (Å²) in [7, 11) is 0. The molecule has 1 heterocycles. The van der Waals surface area contributed by atoms with E-state index in [1.807, 2.05) is 0 Å². The second kappa shape index (κ2) is 5.12. The van der Waals surface area contributed by atoms with Gasteiger partial charge in [-0.3, -0.25) is 4.79 Å². The van der Waals surface area contributed by atoms with Crippen LogP contribution in [0, 0.1) is 0 Å². The molecular weight excluding hydrogens is 242 g/mol. The van der Waals surface area contributed by atoms with Crippen molar-refractivity contribution in [3.63, 3.8) is 0 Å². The molecule has 1 aromatic rings. The van der Waals surface area contributed by atoms with E-state index in [1.54, 1.807) is 0 Å². The quantitative estimate of drug-likeness (QED) is 0.826. The van der Waals surface area contributed by atoms with E-state index >= 15 is 0 Å². The van der Waals surface area contributed by atoms with Gasteiger partial charge in [0.05, 0.1) is 0 Å². The molecule has 0 N–H and O–H groups in total. The van der Waals surface area contributed by atoms with E-state index in [0.717, 1.165) is 30.1 Å². The van der Waals surface area contributed by atoms with Crippen molar-refractivity contribution in [1.29, 1.82) is 0 Å². The van der Waals surface area contributed by atoms with Crippen LogP contribution in [0.1, 0.15) is 61.1 Å². The fourth-order valence-corrected chi connectivity index (χ4v) is 4.58. The Morgan fingerprint density at radius 2 is 2.28 bits per heavy atom. The van der Waals surface area contributed by atoms with Crippen LogP contribution in [0.25, 0.3) is 0 Å². The highest BCUT2D eigenvalue weighted by atomic mass is 32.2. The third kappa shape index (κ3) is 2.13. The van der Waals surface area contributed by atoms with Gasteiger partial charge < -0.3 is 4.57 Å². The summed E-state index contributed by atoms with van der Waals surface area (Å²) in [6.07, 6.45) is 8.95. The van der Waals surface area contributed by atoms with Gasteiger partial charge in [0.25, 0.3) is 0 Å². The van der Waals surface area contributed by atoms with E-state index in [1.165, 1.54) is 30.7 Å². The third-order valence-electron chi connectivity index (χ3n) is 4.29. The molecular formula is C15H21NOS. The van der Waals surface area contributed by atoms with Crippen molar-refractivity contribution in [3.05, 3.63) is 23.5 Å². The highest BCUT2D eigenvalue weighted by Crippen LogP contribution is 2.39. The van der Waals surface area contributed by atoms with E-state index in [0.29, 0.717) is 11.8 Å². The molecule has 18 heavy (non-hydrogen) atoms. The number of hydrogen-bond acceptors (Lipinski definition) is 2. The zero-order chi connectivity index (χ0) is 12.5. The predicted octanol–water partition coefficient (Wildman–Crippen LogP) is 3.85. The maximum absolute atomic E-state index is 11.9. The van der Waals surface area contributed by atoms with Crippen molar-refractivity contribution < 1.29 is 4.79 Å². The fraction of sp³-hybridized carbons (Fsp3) is 0.667. The van der Waals surface area contributed by atoms with Crippen molar-refractivity contribution in [2.75, 3.05) is 5.75 Å². The fourth-order valence-electron chi connectivity index (χ4n) is 3.45. The van der Waals surface area contributed by atoms with Crippen LogP contribution in [0.15, 0.2) is 12.3 Å². The molecule has 2 aliphatic rings. The Morgan fingerprint density at radius 3 is 3.11 bits per heavy atom. The molecule has 2 unspecified atom stereocenters. The van der Waals surface area contributed by atoms with E-state index in [2.05, 4.69) is 35.5 Å². The number of rotatable bonds is 3. The van der Waals surface area contributed by atoms with Crippen molar-refractivity contribution >= 4 is 17.5 Å². The molecule has 0 spiro atoms. The van der Waals surface area contributed by atoms with Crippen LogP contribution in [0.5, 0.6) is 0 Å². The minimum absolute atomic E-state index is 0.354. The average Bonchev–Trinajstić information content (AvgIpc) is 2.96. The van der Waals surface area contributed by atoms with Gasteiger partial charge in [0.15, 0.2) is 5.78 Å². The van der Waals surface area contributed by atoms with E-state index in [4.69, 9.17) is 0 Å². The Kier molecular flexibility index (Phi) is 3.51. The second-order valence-corrected chi connectivity index (χ2v) is 6.98. The van der Waals surface area contributed by atoms with Gasteiger partial charge in [-0.05, 0) is 43.9 Å². The van der Waals surface area contributed by atoms with Gasteiger partial charge in [0.2, 0.25) is 0 Å². The zero-order valence-corrected chi connectivity index (χ0v) is 11.8. The highest BCUT2D eigenvalue weighted by Gasteiger charge is 2.29. The first-order valence-corrected chi connectivity index (χ1v) is 8.19. The van der Waals surface area contributed by atoms with Crippen LogP contribution in [0.3, 0.4) is 0 Å². The average molecular weight is 263 g/mol. The van der Waals surface area contributed by atoms with Gasteiger partial charge in [-0.2, -0.15) is 11.8 Å². The van der Waals surface area contributed by atoms with Crippen LogP contribution in [-0.2, 0) is 6.42 Å². The molecule has 0 amide bonds. The van der Waals surface area contributed by atoms with Crippen molar-refractivity contribution in [2.24, 2.45) is 0 Å². The van der Waals surface area contributed by atoms with Crippen LogP contribution >= 0.6 is 11.8 Å². The number of nitrogens with zero attached hydrogens (tertiary/aromatic N) is 1. The predicted molar refractivity (Wildman–Crippen MR) is 76.5 cm³/mol. The van der Waals surface area contributed by atoms with Gasteiger partial charge >= 0.3 is 0 Å². The van der Waals surface area contributed by atoms with Gasteiger partial charge in [0.1, 0.15) is 0 Å².